The molecule has 21 heavy (non-hydrogen) atoms. The molecule has 0 N–H and O–H groups in total. The highest BCUT2D eigenvalue weighted by molar-refractivity contribution is 8.13. The lowest BCUT2D eigenvalue weighted by Crippen LogP contribution is -2.02. The Hall–Kier alpha value is -1.04. The number of aromatic nitrogens is 2. The summed E-state index contributed by atoms with van der Waals surface area (Å²) in [5.74, 6) is 0. The first-order chi connectivity index (χ1) is 9.93. The van der Waals surface area contributed by atoms with Crippen molar-refractivity contribution in [3.05, 3.63) is 46.7 Å². The van der Waals surface area contributed by atoms with Crippen LogP contribution in [-0.4, -0.2) is 18.2 Å². The quantitative estimate of drug-likeness (QED) is 0.750. The average molecular weight is 347 g/mol. The van der Waals surface area contributed by atoms with E-state index in [2.05, 4.69) is 17.2 Å². The van der Waals surface area contributed by atoms with Gasteiger partial charge in [0.1, 0.15) is 10.0 Å². The van der Waals surface area contributed by atoms with E-state index >= 15 is 0 Å². The molecule has 0 bridgehead atoms. The van der Waals surface area contributed by atoms with E-state index in [1.54, 1.807) is 0 Å². The third-order valence-electron chi connectivity index (χ3n) is 3.17. The second-order valence-corrected chi connectivity index (χ2v) is 7.53. The molecule has 0 spiro atoms. The maximum absolute atomic E-state index is 11.6. The van der Waals surface area contributed by atoms with Gasteiger partial charge in [0.2, 0.25) is 0 Å². The summed E-state index contributed by atoms with van der Waals surface area (Å²) in [4.78, 5) is -0.0620. The summed E-state index contributed by atoms with van der Waals surface area (Å²) >= 11 is 6.11. The monoisotopic (exact) mass is 346 g/mol. The third-order valence-corrected chi connectivity index (χ3v) is 5.05. The SMILES string of the molecule is CCc1nn(CCCc2ccccc2)c(Cl)c1S(=O)(=O)Cl. The minimum Gasteiger partial charge on any atom is -0.252 e. The molecule has 0 aliphatic carbocycles. The highest BCUT2D eigenvalue weighted by atomic mass is 35.7. The van der Waals surface area contributed by atoms with Crippen LogP contribution in [0.2, 0.25) is 5.15 Å². The van der Waals surface area contributed by atoms with E-state index in [1.807, 2.05) is 25.1 Å². The fourth-order valence-corrected chi connectivity index (χ4v) is 4.08. The van der Waals surface area contributed by atoms with Crippen molar-refractivity contribution in [2.45, 2.75) is 37.6 Å². The van der Waals surface area contributed by atoms with Gasteiger partial charge >= 0.3 is 0 Å². The number of hydrogen-bond acceptors (Lipinski definition) is 3. The molecule has 0 fully saturated rings. The molecular formula is C14H16Cl2N2O2S. The van der Waals surface area contributed by atoms with Crippen molar-refractivity contribution in [1.82, 2.24) is 9.78 Å². The summed E-state index contributed by atoms with van der Waals surface area (Å²) in [5, 5.41) is 4.34. The van der Waals surface area contributed by atoms with E-state index in [0.717, 1.165) is 12.8 Å². The van der Waals surface area contributed by atoms with Gasteiger partial charge in [0.25, 0.3) is 9.05 Å². The summed E-state index contributed by atoms with van der Waals surface area (Å²) < 4.78 is 24.7. The topological polar surface area (TPSA) is 52.0 Å². The predicted octanol–water partition coefficient (Wildman–Crippen LogP) is 3.66. The van der Waals surface area contributed by atoms with Gasteiger partial charge in [0.05, 0.1) is 5.69 Å². The lowest BCUT2D eigenvalue weighted by atomic mass is 10.1. The number of benzene rings is 1. The Bertz CT molecular complexity index is 712. The molecule has 0 amide bonds. The number of nitrogens with zero attached hydrogens (tertiary/aromatic N) is 2. The van der Waals surface area contributed by atoms with Gasteiger partial charge in [-0.05, 0) is 24.8 Å². The minimum atomic E-state index is -3.88. The first-order valence-corrected chi connectivity index (χ1v) is 9.36. The van der Waals surface area contributed by atoms with Crippen LogP contribution in [0.3, 0.4) is 0 Å². The largest absolute Gasteiger partial charge is 0.266 e. The molecule has 4 nitrogen and oxygen atoms in total. The zero-order chi connectivity index (χ0) is 15.5. The van der Waals surface area contributed by atoms with Gasteiger partial charge in [-0.25, -0.2) is 8.42 Å². The fourth-order valence-electron chi connectivity index (χ4n) is 2.17. The van der Waals surface area contributed by atoms with Crippen LogP contribution in [0.5, 0.6) is 0 Å². The molecule has 0 atom stereocenters. The van der Waals surface area contributed by atoms with Crippen LogP contribution < -0.4 is 0 Å². The van der Waals surface area contributed by atoms with Gasteiger partial charge < -0.3 is 0 Å². The summed E-state index contributed by atoms with van der Waals surface area (Å²) in [7, 11) is 1.55. The minimum absolute atomic E-state index is 0.0620. The Morgan fingerprint density at radius 1 is 1.24 bits per heavy atom. The highest BCUT2D eigenvalue weighted by Gasteiger charge is 2.25. The molecular weight excluding hydrogens is 331 g/mol. The van der Waals surface area contributed by atoms with Crippen LogP contribution in [-0.2, 0) is 28.4 Å². The Kier molecular flexibility index (Phi) is 5.30. The van der Waals surface area contributed by atoms with E-state index in [0.29, 0.717) is 18.7 Å². The van der Waals surface area contributed by atoms with Gasteiger partial charge in [-0.2, -0.15) is 5.10 Å². The average Bonchev–Trinajstić information content (AvgIpc) is 2.76. The highest BCUT2D eigenvalue weighted by Crippen LogP contribution is 2.29. The van der Waals surface area contributed by atoms with Gasteiger partial charge in [-0.15, -0.1) is 0 Å². The smallest absolute Gasteiger partial charge is 0.252 e. The molecule has 1 aromatic heterocycles. The number of hydrogen-bond donors (Lipinski definition) is 0. The first kappa shape index (κ1) is 16.3. The van der Waals surface area contributed by atoms with Gasteiger partial charge in [-0.1, -0.05) is 48.9 Å². The summed E-state index contributed by atoms with van der Waals surface area (Å²) in [5.41, 5.74) is 1.64. The van der Waals surface area contributed by atoms with Crippen LogP contribution in [0.4, 0.5) is 0 Å². The number of halogens is 2. The molecule has 0 aliphatic rings. The lowest BCUT2D eigenvalue weighted by Gasteiger charge is -2.03. The Labute approximate surface area is 134 Å². The van der Waals surface area contributed by atoms with Gasteiger partial charge in [0.15, 0.2) is 0 Å². The van der Waals surface area contributed by atoms with Crippen molar-refractivity contribution in [1.29, 1.82) is 0 Å². The standard InChI is InChI=1S/C14H16Cl2N2O2S/c1-2-12-13(21(16,19)20)14(15)18(17-12)10-6-9-11-7-4-3-5-8-11/h3-5,7-8H,2,6,9-10H2,1H3. The maximum Gasteiger partial charge on any atom is 0.266 e. The van der Waals surface area contributed by atoms with Crippen molar-refractivity contribution in [2.75, 3.05) is 0 Å². The van der Waals surface area contributed by atoms with E-state index in [-0.39, 0.29) is 10.0 Å². The first-order valence-electron chi connectivity index (χ1n) is 6.67. The zero-order valence-electron chi connectivity index (χ0n) is 11.6. The Balaban J connectivity index is 2.13. The summed E-state index contributed by atoms with van der Waals surface area (Å²) in [6.45, 7) is 2.37. The molecule has 0 unspecified atom stereocenters. The molecule has 1 heterocycles. The van der Waals surface area contributed by atoms with Crippen molar-refractivity contribution in [2.24, 2.45) is 0 Å². The molecule has 0 saturated carbocycles. The fraction of sp³-hybridized carbons (Fsp3) is 0.357. The summed E-state index contributed by atoms with van der Waals surface area (Å²) in [6.07, 6.45) is 2.16. The van der Waals surface area contributed by atoms with E-state index in [4.69, 9.17) is 22.3 Å². The second-order valence-electron chi connectivity index (χ2n) is 4.67. The normalized spacial score (nSPS) is 11.8. The number of rotatable bonds is 6. The molecule has 0 aliphatic heterocycles. The van der Waals surface area contributed by atoms with Gasteiger partial charge in [-0.3, -0.25) is 4.68 Å². The van der Waals surface area contributed by atoms with Crippen LogP contribution in [0.25, 0.3) is 0 Å². The van der Waals surface area contributed by atoms with Crippen LogP contribution in [0, 0.1) is 0 Å². The maximum atomic E-state index is 11.6. The third kappa shape index (κ3) is 3.99. The number of aryl methyl sites for hydroxylation is 3. The Morgan fingerprint density at radius 2 is 1.90 bits per heavy atom. The van der Waals surface area contributed by atoms with Crippen molar-refractivity contribution in [3.8, 4) is 0 Å². The molecule has 0 saturated heterocycles. The molecule has 7 heteroatoms. The molecule has 2 rings (SSSR count). The van der Waals surface area contributed by atoms with E-state index < -0.39 is 9.05 Å². The predicted molar refractivity (Wildman–Crippen MR) is 84.4 cm³/mol. The molecule has 114 valence electrons. The van der Waals surface area contributed by atoms with Crippen LogP contribution in [0.1, 0.15) is 24.6 Å². The van der Waals surface area contributed by atoms with Gasteiger partial charge in [0, 0.05) is 17.2 Å². The zero-order valence-corrected chi connectivity index (χ0v) is 13.9. The van der Waals surface area contributed by atoms with Crippen molar-refractivity contribution in [3.63, 3.8) is 0 Å². The van der Waals surface area contributed by atoms with Crippen LogP contribution in [0.15, 0.2) is 35.2 Å². The molecule has 0 radical (unpaired) electrons. The Morgan fingerprint density at radius 3 is 2.43 bits per heavy atom. The second kappa shape index (κ2) is 6.81. The molecule has 2 aromatic rings. The van der Waals surface area contributed by atoms with E-state index in [1.165, 1.54) is 10.2 Å². The van der Waals surface area contributed by atoms with Crippen molar-refractivity contribution < 1.29 is 8.42 Å². The lowest BCUT2D eigenvalue weighted by molar-refractivity contribution is 0.573. The van der Waals surface area contributed by atoms with Crippen molar-refractivity contribution >= 4 is 31.3 Å². The molecule has 1 aromatic carbocycles. The van der Waals surface area contributed by atoms with E-state index in [9.17, 15) is 8.42 Å². The van der Waals surface area contributed by atoms with Crippen LogP contribution >= 0.6 is 22.3 Å². The summed E-state index contributed by atoms with van der Waals surface area (Å²) in [6, 6.07) is 10.1.